The minimum atomic E-state index is -2.91. The Hall–Kier alpha value is -6.20. The molecule has 9 aromatic rings. The fourth-order valence-electron chi connectivity index (χ4n) is 8.32. The highest BCUT2D eigenvalue weighted by atomic mass is 32.2. The van der Waals surface area contributed by atoms with E-state index in [0.717, 1.165) is 22.6 Å². The first-order valence-electron chi connectivity index (χ1n) is 18.5. The summed E-state index contributed by atoms with van der Waals surface area (Å²) in [5.74, 6) is 1.96. The third-order valence-electron chi connectivity index (χ3n) is 10.8. The van der Waals surface area contributed by atoms with Crippen molar-refractivity contribution in [2.24, 2.45) is 0 Å². The predicted octanol–water partition coefficient (Wildman–Crippen LogP) is 10.0. The molecular weight excluding hydrogens is 689 g/mol. The average molecular weight is 725 g/mol. The molecule has 1 aliphatic rings. The van der Waals surface area contributed by atoms with Crippen molar-refractivity contribution in [3.63, 3.8) is 0 Å². The van der Waals surface area contributed by atoms with Crippen LogP contribution in [0.2, 0.25) is 0 Å². The molecule has 0 amide bonds. The molecule has 0 saturated carbocycles. The van der Waals surface area contributed by atoms with Crippen LogP contribution in [0.1, 0.15) is 5.82 Å². The summed E-state index contributed by atoms with van der Waals surface area (Å²) in [6, 6.07) is 76.3. The number of benzene rings is 8. The minimum Gasteiger partial charge on any atom is -0.294 e. The number of aromatic nitrogens is 2. The Kier molecular flexibility index (Phi) is 8.20. The Labute approximate surface area is 321 Å². The standard InChI is InChI=1S/C50H36N2SSi/c1-5-16-36(17-6-1)40-30-41(37-18-7-2-8-19-37)33-45(32-40)54(42-21-9-3-10-22-42,43-23-11-4-12-24-43)44-25-15-20-38(31-44)39-28-29-48-49(34-39)53-35-50-51-46-26-13-14-27-47(46)52(48)50/h1-34H,35H2. The monoisotopic (exact) mass is 724 g/mol. The highest BCUT2D eigenvalue weighted by molar-refractivity contribution is 7.98. The highest BCUT2D eigenvalue weighted by Crippen LogP contribution is 2.39. The smallest absolute Gasteiger partial charge is 0.179 e. The lowest BCUT2D eigenvalue weighted by atomic mass is 9.99. The van der Waals surface area contributed by atoms with Crippen LogP contribution < -0.4 is 20.7 Å². The Bertz CT molecular complexity index is 2660. The van der Waals surface area contributed by atoms with E-state index >= 15 is 0 Å². The van der Waals surface area contributed by atoms with Crippen LogP contribution in [-0.2, 0) is 5.75 Å². The summed E-state index contributed by atoms with van der Waals surface area (Å²) >= 11 is 1.88. The lowest BCUT2D eigenvalue weighted by molar-refractivity contribution is 0.945. The maximum Gasteiger partial charge on any atom is 0.179 e. The van der Waals surface area contributed by atoms with E-state index in [1.807, 2.05) is 11.8 Å². The summed E-state index contributed by atoms with van der Waals surface area (Å²) in [7, 11) is -2.91. The third-order valence-corrected chi connectivity index (χ3v) is 16.6. The zero-order chi connectivity index (χ0) is 35.9. The first-order chi connectivity index (χ1) is 26.8. The van der Waals surface area contributed by atoms with Crippen molar-refractivity contribution in [1.82, 2.24) is 9.55 Å². The second kappa shape index (κ2) is 13.6. The molecule has 256 valence electrons. The molecule has 1 aromatic heterocycles. The van der Waals surface area contributed by atoms with E-state index in [0.29, 0.717) is 0 Å². The lowest BCUT2D eigenvalue weighted by Gasteiger charge is -2.35. The molecule has 2 nitrogen and oxygen atoms in total. The second-order valence-electron chi connectivity index (χ2n) is 13.9. The van der Waals surface area contributed by atoms with E-state index in [1.165, 1.54) is 64.7 Å². The summed E-state index contributed by atoms with van der Waals surface area (Å²) in [6.45, 7) is 0. The van der Waals surface area contributed by atoms with Crippen LogP contribution in [0.3, 0.4) is 0 Å². The van der Waals surface area contributed by atoms with Gasteiger partial charge >= 0.3 is 0 Å². The molecule has 0 saturated heterocycles. The summed E-state index contributed by atoms with van der Waals surface area (Å²) in [6.07, 6.45) is 0. The van der Waals surface area contributed by atoms with Gasteiger partial charge in [-0.15, -0.1) is 11.8 Å². The normalized spacial score (nSPS) is 12.3. The molecule has 0 N–H and O–H groups in total. The zero-order valence-corrected chi connectivity index (χ0v) is 31.5. The zero-order valence-electron chi connectivity index (χ0n) is 29.6. The van der Waals surface area contributed by atoms with Gasteiger partial charge < -0.3 is 0 Å². The lowest BCUT2D eigenvalue weighted by Crippen LogP contribution is -2.74. The van der Waals surface area contributed by atoms with Crippen LogP contribution in [0.25, 0.3) is 50.1 Å². The van der Waals surface area contributed by atoms with Gasteiger partial charge in [-0.25, -0.2) is 4.98 Å². The number of fused-ring (bicyclic) bond motifs is 5. The molecule has 0 atom stereocenters. The summed E-state index contributed by atoms with van der Waals surface area (Å²) in [5.41, 5.74) is 10.8. The van der Waals surface area contributed by atoms with Crippen molar-refractivity contribution in [2.45, 2.75) is 10.6 Å². The maximum absolute atomic E-state index is 4.96. The molecule has 1 aliphatic heterocycles. The predicted molar refractivity (Wildman–Crippen MR) is 231 cm³/mol. The first-order valence-corrected chi connectivity index (χ1v) is 21.5. The summed E-state index contributed by atoms with van der Waals surface area (Å²) in [4.78, 5) is 6.24. The van der Waals surface area contributed by atoms with Gasteiger partial charge in [0.15, 0.2) is 8.07 Å². The van der Waals surface area contributed by atoms with Crippen molar-refractivity contribution in [3.8, 4) is 39.1 Å². The van der Waals surface area contributed by atoms with Gasteiger partial charge in [0, 0.05) is 4.90 Å². The van der Waals surface area contributed by atoms with Crippen molar-refractivity contribution in [3.05, 3.63) is 212 Å². The van der Waals surface area contributed by atoms with Crippen LogP contribution in [0.5, 0.6) is 0 Å². The number of nitrogens with zero attached hydrogens (tertiary/aromatic N) is 2. The van der Waals surface area contributed by atoms with Crippen LogP contribution in [0.4, 0.5) is 0 Å². The Morgan fingerprint density at radius 1 is 0.407 bits per heavy atom. The van der Waals surface area contributed by atoms with Gasteiger partial charge in [-0.3, -0.25) is 4.57 Å². The molecule has 10 rings (SSSR count). The molecule has 8 aromatic carbocycles. The SMILES string of the molecule is c1ccc(-c2cc(-c3ccccc3)cc([Si](c3ccccc3)(c3ccccc3)c3cccc(-c4ccc5c(c4)SCc4nc6ccccc6n4-5)c3)c2)cc1. The summed E-state index contributed by atoms with van der Waals surface area (Å²) < 4.78 is 2.34. The molecule has 2 heterocycles. The molecule has 0 spiro atoms. The molecule has 54 heavy (non-hydrogen) atoms. The number of rotatable bonds is 7. The van der Waals surface area contributed by atoms with Crippen LogP contribution in [0, 0.1) is 0 Å². The number of hydrogen-bond acceptors (Lipinski definition) is 2. The number of para-hydroxylation sites is 2. The van der Waals surface area contributed by atoms with Gasteiger partial charge in [0.2, 0.25) is 0 Å². The van der Waals surface area contributed by atoms with Crippen LogP contribution in [0.15, 0.2) is 211 Å². The van der Waals surface area contributed by atoms with E-state index in [-0.39, 0.29) is 0 Å². The Balaban J connectivity index is 1.21. The van der Waals surface area contributed by atoms with Gasteiger partial charge in [0.1, 0.15) is 5.82 Å². The molecule has 0 radical (unpaired) electrons. The highest BCUT2D eigenvalue weighted by Gasteiger charge is 2.42. The van der Waals surface area contributed by atoms with Gasteiger partial charge in [-0.2, -0.15) is 0 Å². The van der Waals surface area contributed by atoms with Crippen LogP contribution >= 0.6 is 11.8 Å². The van der Waals surface area contributed by atoms with E-state index in [4.69, 9.17) is 4.98 Å². The molecular formula is C50H36N2SSi. The quantitative estimate of drug-likeness (QED) is 0.120. The molecule has 4 heteroatoms. The molecule has 0 aliphatic carbocycles. The second-order valence-corrected chi connectivity index (χ2v) is 18.7. The van der Waals surface area contributed by atoms with Gasteiger partial charge in [0.25, 0.3) is 0 Å². The van der Waals surface area contributed by atoms with E-state index in [1.54, 1.807) is 0 Å². The molecule has 0 fully saturated rings. The van der Waals surface area contributed by atoms with E-state index in [2.05, 4.69) is 211 Å². The Morgan fingerprint density at radius 3 is 1.57 bits per heavy atom. The minimum absolute atomic E-state index is 0.852. The number of thioether (sulfide) groups is 1. The third kappa shape index (κ3) is 5.54. The number of imidazole rings is 1. The Morgan fingerprint density at radius 2 is 0.926 bits per heavy atom. The van der Waals surface area contributed by atoms with E-state index in [9.17, 15) is 0 Å². The van der Waals surface area contributed by atoms with Crippen LogP contribution in [-0.4, -0.2) is 17.6 Å². The van der Waals surface area contributed by atoms with Crippen molar-refractivity contribution >= 4 is 51.6 Å². The average Bonchev–Trinajstić information content (AvgIpc) is 3.65. The van der Waals surface area contributed by atoms with Crippen molar-refractivity contribution < 1.29 is 0 Å². The summed E-state index contributed by atoms with van der Waals surface area (Å²) in [5, 5.41) is 5.43. The fourth-order valence-corrected chi connectivity index (χ4v) is 14.2. The molecule has 0 bridgehead atoms. The van der Waals surface area contributed by atoms with Crippen molar-refractivity contribution in [1.29, 1.82) is 0 Å². The largest absolute Gasteiger partial charge is 0.294 e. The van der Waals surface area contributed by atoms with Crippen molar-refractivity contribution in [2.75, 3.05) is 0 Å². The van der Waals surface area contributed by atoms with Gasteiger partial charge in [-0.05, 0) is 84.5 Å². The maximum atomic E-state index is 4.96. The fraction of sp³-hybridized carbons (Fsp3) is 0.0200. The number of hydrogen-bond donors (Lipinski definition) is 0. The van der Waals surface area contributed by atoms with Gasteiger partial charge in [0.05, 0.1) is 22.5 Å². The first kappa shape index (κ1) is 32.4. The van der Waals surface area contributed by atoms with E-state index < -0.39 is 8.07 Å². The molecule has 0 unspecified atom stereocenters. The van der Waals surface area contributed by atoms with Gasteiger partial charge in [-0.1, -0.05) is 176 Å². The topological polar surface area (TPSA) is 17.8 Å².